The molecule has 0 bridgehead atoms. The summed E-state index contributed by atoms with van der Waals surface area (Å²) in [6, 6.07) is 5.74. The number of aryl methyl sites for hydroxylation is 1. The first kappa shape index (κ1) is 21.6. The van der Waals surface area contributed by atoms with E-state index in [1.165, 1.54) is 0 Å². The Bertz CT molecular complexity index is 995. The van der Waals surface area contributed by atoms with Gasteiger partial charge in [-0.15, -0.1) is 0 Å². The van der Waals surface area contributed by atoms with Gasteiger partial charge in [-0.05, 0) is 64.2 Å². The van der Waals surface area contributed by atoms with Crippen molar-refractivity contribution in [2.75, 3.05) is 12.4 Å². The molecule has 1 aromatic carbocycles. The summed E-state index contributed by atoms with van der Waals surface area (Å²) in [5, 5.41) is 13.9. The van der Waals surface area contributed by atoms with Crippen molar-refractivity contribution in [2.45, 2.75) is 52.1 Å². The lowest BCUT2D eigenvalue weighted by molar-refractivity contribution is 0.154. The van der Waals surface area contributed by atoms with E-state index in [0.717, 1.165) is 54.0 Å². The number of rotatable bonds is 7. The summed E-state index contributed by atoms with van der Waals surface area (Å²) in [7, 11) is 1.63. The molecule has 0 aliphatic heterocycles. The van der Waals surface area contributed by atoms with Crippen molar-refractivity contribution >= 4 is 11.4 Å². The van der Waals surface area contributed by atoms with Crippen LogP contribution in [0.3, 0.4) is 0 Å². The smallest absolute Gasteiger partial charge is 0.144 e. The van der Waals surface area contributed by atoms with Crippen molar-refractivity contribution in [1.82, 2.24) is 9.55 Å². The van der Waals surface area contributed by atoms with E-state index >= 15 is 0 Å². The summed E-state index contributed by atoms with van der Waals surface area (Å²) in [5.74, 6) is 1.11. The monoisotopic (exact) mass is 409 g/mol. The lowest BCUT2D eigenvalue weighted by Gasteiger charge is -2.27. The maximum Gasteiger partial charge on any atom is 0.144 e. The highest BCUT2D eigenvalue weighted by atomic mass is 16.5. The summed E-state index contributed by atoms with van der Waals surface area (Å²) in [6.45, 7) is 9.42. The lowest BCUT2D eigenvalue weighted by Crippen LogP contribution is -2.35. The van der Waals surface area contributed by atoms with Crippen LogP contribution in [0.15, 0.2) is 59.4 Å². The van der Waals surface area contributed by atoms with Gasteiger partial charge in [-0.3, -0.25) is 0 Å². The molecule has 0 radical (unpaired) electrons. The SMILES string of the molecule is C=C(/N=C(\C1=C(N)CCCC1)C(C)(C)O)Nc1ccc(-n2cnc(C)c2)c(OC)c1. The number of methoxy groups -OCH3 is 1. The molecule has 1 aliphatic rings. The van der Waals surface area contributed by atoms with E-state index in [-0.39, 0.29) is 0 Å². The van der Waals surface area contributed by atoms with Crippen molar-refractivity contribution in [3.05, 3.63) is 60.1 Å². The first-order valence-electron chi connectivity index (χ1n) is 10.1. The van der Waals surface area contributed by atoms with Crippen LogP contribution in [0.2, 0.25) is 0 Å². The number of anilines is 1. The molecule has 7 nitrogen and oxygen atoms in total. The van der Waals surface area contributed by atoms with Crippen LogP contribution < -0.4 is 15.8 Å². The Kier molecular flexibility index (Phi) is 6.31. The third-order valence-corrected chi connectivity index (χ3v) is 5.08. The second kappa shape index (κ2) is 8.75. The van der Waals surface area contributed by atoms with Crippen LogP contribution in [0, 0.1) is 6.92 Å². The third-order valence-electron chi connectivity index (χ3n) is 5.08. The molecule has 0 saturated carbocycles. The Labute approximate surface area is 178 Å². The van der Waals surface area contributed by atoms with Crippen LogP contribution in [-0.4, -0.2) is 33.1 Å². The summed E-state index contributed by atoms with van der Waals surface area (Å²) < 4.78 is 7.47. The average Bonchev–Trinajstić information content (AvgIpc) is 3.12. The third kappa shape index (κ3) is 4.91. The minimum Gasteiger partial charge on any atom is -0.494 e. The molecular weight excluding hydrogens is 378 g/mol. The van der Waals surface area contributed by atoms with E-state index in [2.05, 4.69) is 21.9 Å². The highest BCUT2D eigenvalue weighted by molar-refractivity contribution is 6.06. The molecule has 4 N–H and O–H groups in total. The number of aromatic nitrogens is 2. The van der Waals surface area contributed by atoms with E-state index in [1.807, 2.05) is 35.9 Å². The maximum absolute atomic E-state index is 10.7. The van der Waals surface area contributed by atoms with Gasteiger partial charge in [-0.25, -0.2) is 9.98 Å². The minimum atomic E-state index is -1.12. The van der Waals surface area contributed by atoms with Crippen molar-refractivity contribution < 1.29 is 9.84 Å². The fourth-order valence-corrected chi connectivity index (χ4v) is 3.62. The van der Waals surface area contributed by atoms with Crippen molar-refractivity contribution in [3.63, 3.8) is 0 Å². The number of aliphatic hydroxyl groups is 1. The zero-order valence-electron chi connectivity index (χ0n) is 18.2. The fourth-order valence-electron chi connectivity index (χ4n) is 3.62. The molecule has 1 aliphatic carbocycles. The predicted octanol–water partition coefficient (Wildman–Crippen LogP) is 4.07. The van der Waals surface area contributed by atoms with Crippen molar-refractivity contribution in [1.29, 1.82) is 0 Å². The number of nitrogens with two attached hydrogens (primary N) is 1. The number of benzene rings is 1. The second-order valence-electron chi connectivity index (χ2n) is 8.11. The molecule has 160 valence electrons. The number of nitrogens with zero attached hydrogens (tertiary/aromatic N) is 3. The molecule has 0 amide bonds. The van der Waals surface area contributed by atoms with Crippen LogP contribution in [0.4, 0.5) is 5.69 Å². The van der Waals surface area contributed by atoms with Crippen LogP contribution >= 0.6 is 0 Å². The Morgan fingerprint density at radius 2 is 2.07 bits per heavy atom. The molecule has 0 unspecified atom stereocenters. The zero-order valence-corrected chi connectivity index (χ0v) is 18.2. The molecule has 0 spiro atoms. The molecule has 1 aromatic heterocycles. The molecule has 7 heteroatoms. The predicted molar refractivity (Wildman–Crippen MR) is 121 cm³/mol. The van der Waals surface area contributed by atoms with Gasteiger partial charge in [0.05, 0.1) is 30.5 Å². The van der Waals surface area contributed by atoms with Crippen LogP contribution in [0.1, 0.15) is 45.2 Å². The largest absolute Gasteiger partial charge is 0.494 e. The van der Waals surface area contributed by atoms with Gasteiger partial charge in [-0.1, -0.05) is 6.58 Å². The topological polar surface area (TPSA) is 97.7 Å². The normalized spacial score (nSPS) is 15.3. The molecule has 3 rings (SSSR count). The van der Waals surface area contributed by atoms with Crippen molar-refractivity contribution in [2.24, 2.45) is 10.7 Å². The Balaban J connectivity index is 1.87. The van der Waals surface area contributed by atoms with Crippen LogP contribution in [0.25, 0.3) is 5.69 Å². The Morgan fingerprint density at radius 3 is 2.67 bits per heavy atom. The van der Waals surface area contributed by atoms with Crippen LogP contribution in [-0.2, 0) is 0 Å². The van der Waals surface area contributed by atoms with E-state index in [4.69, 9.17) is 10.5 Å². The van der Waals surface area contributed by atoms with E-state index in [0.29, 0.717) is 17.3 Å². The fraction of sp³-hybridized carbons (Fsp3) is 0.391. The van der Waals surface area contributed by atoms with Gasteiger partial charge < -0.3 is 25.5 Å². The highest BCUT2D eigenvalue weighted by Crippen LogP contribution is 2.29. The van der Waals surface area contributed by atoms with Gasteiger partial charge in [0.25, 0.3) is 0 Å². The molecule has 1 heterocycles. The number of allylic oxidation sites excluding steroid dienone is 1. The zero-order chi connectivity index (χ0) is 21.9. The van der Waals surface area contributed by atoms with Gasteiger partial charge in [-0.2, -0.15) is 0 Å². The van der Waals surface area contributed by atoms with E-state index in [9.17, 15) is 5.11 Å². The summed E-state index contributed by atoms with van der Waals surface area (Å²) in [6.07, 6.45) is 7.44. The first-order chi connectivity index (χ1) is 14.2. The van der Waals surface area contributed by atoms with Gasteiger partial charge in [0.15, 0.2) is 0 Å². The number of imidazole rings is 1. The summed E-state index contributed by atoms with van der Waals surface area (Å²) >= 11 is 0. The number of ether oxygens (including phenoxy) is 1. The Morgan fingerprint density at radius 1 is 1.33 bits per heavy atom. The molecule has 0 fully saturated rings. The standard InChI is InChI=1S/C23H31N5O2/c1-15-13-28(14-25-15)20-11-10-17(12-21(20)30-5)26-16(2)27-22(23(3,4)29)18-8-6-7-9-19(18)24/h10-14,26,29H,2,6-9,24H2,1,3-5H3/b27-22+. The minimum absolute atomic E-state index is 0.422. The maximum atomic E-state index is 10.7. The molecule has 30 heavy (non-hydrogen) atoms. The molecule has 0 saturated heterocycles. The highest BCUT2D eigenvalue weighted by Gasteiger charge is 2.28. The van der Waals surface area contributed by atoms with Gasteiger partial charge in [0.1, 0.15) is 17.2 Å². The quantitative estimate of drug-likeness (QED) is 0.599. The van der Waals surface area contributed by atoms with E-state index in [1.54, 1.807) is 27.3 Å². The first-order valence-corrected chi connectivity index (χ1v) is 10.1. The Hall–Kier alpha value is -3.06. The molecule has 2 aromatic rings. The van der Waals surface area contributed by atoms with Crippen molar-refractivity contribution in [3.8, 4) is 11.4 Å². The summed E-state index contributed by atoms with van der Waals surface area (Å²) in [4.78, 5) is 8.89. The average molecular weight is 410 g/mol. The number of hydrogen-bond acceptors (Lipinski definition) is 6. The van der Waals surface area contributed by atoms with Crippen LogP contribution in [0.5, 0.6) is 5.75 Å². The number of hydrogen-bond donors (Lipinski definition) is 3. The molecule has 0 atom stereocenters. The summed E-state index contributed by atoms with van der Waals surface area (Å²) in [5.41, 5.74) is 10.00. The second-order valence-corrected chi connectivity index (χ2v) is 8.11. The van der Waals surface area contributed by atoms with E-state index < -0.39 is 5.60 Å². The van der Waals surface area contributed by atoms with Gasteiger partial charge in [0, 0.05) is 23.6 Å². The number of nitrogens with one attached hydrogen (secondary N) is 1. The number of aliphatic imine (C=N–C) groups is 1. The van der Waals surface area contributed by atoms with Gasteiger partial charge in [0.2, 0.25) is 0 Å². The molecular formula is C23H31N5O2. The lowest BCUT2D eigenvalue weighted by atomic mass is 9.86. The van der Waals surface area contributed by atoms with Gasteiger partial charge >= 0.3 is 0 Å².